The van der Waals surface area contributed by atoms with Crippen molar-refractivity contribution in [1.82, 2.24) is 0 Å². The molecule has 2 unspecified atom stereocenters. The Morgan fingerprint density at radius 2 is 2.18 bits per heavy atom. The summed E-state index contributed by atoms with van der Waals surface area (Å²) in [4.78, 5) is 11.2. The van der Waals surface area contributed by atoms with Crippen molar-refractivity contribution in [3.05, 3.63) is 11.6 Å². The molecule has 3 rings (SSSR count). The molecule has 2 bridgehead atoms. The van der Waals surface area contributed by atoms with Crippen LogP contribution in [0.15, 0.2) is 11.6 Å². The highest BCUT2D eigenvalue weighted by Crippen LogP contribution is 2.57. The molecule has 1 heteroatoms. The summed E-state index contributed by atoms with van der Waals surface area (Å²) in [6, 6.07) is 0. The topological polar surface area (TPSA) is 17.1 Å². The quantitative estimate of drug-likeness (QED) is 0.517. The normalized spacial score (nSPS) is 39.5. The second-order valence-corrected chi connectivity index (χ2v) is 4.39. The lowest BCUT2D eigenvalue weighted by Gasteiger charge is -2.53. The molecular weight excluding hydrogens is 136 g/mol. The minimum absolute atomic E-state index is 0.266. The highest BCUT2D eigenvalue weighted by molar-refractivity contribution is 5.95. The van der Waals surface area contributed by atoms with Gasteiger partial charge in [-0.15, -0.1) is 0 Å². The van der Waals surface area contributed by atoms with E-state index < -0.39 is 0 Å². The summed E-state index contributed by atoms with van der Waals surface area (Å²) in [7, 11) is 0. The van der Waals surface area contributed by atoms with Gasteiger partial charge < -0.3 is 0 Å². The monoisotopic (exact) mass is 150 g/mol. The molecule has 0 aromatic rings. The van der Waals surface area contributed by atoms with E-state index in [4.69, 9.17) is 0 Å². The van der Waals surface area contributed by atoms with E-state index in [0.29, 0.717) is 17.1 Å². The van der Waals surface area contributed by atoms with Crippen LogP contribution in [-0.2, 0) is 4.79 Å². The van der Waals surface area contributed by atoms with E-state index in [0.717, 1.165) is 0 Å². The van der Waals surface area contributed by atoms with Crippen molar-refractivity contribution in [2.45, 2.75) is 27.2 Å². The molecular formula is C10H14O. The Hall–Kier alpha value is -0.590. The maximum atomic E-state index is 11.2. The molecule has 0 radical (unpaired) electrons. The SMILES string of the molecule is CC1C(=O)C=C2CC1C2(C)C. The summed E-state index contributed by atoms with van der Waals surface area (Å²) in [5.41, 5.74) is 1.69. The predicted molar refractivity (Wildman–Crippen MR) is 44.1 cm³/mol. The third-order valence-electron chi connectivity index (χ3n) is 3.56. The van der Waals surface area contributed by atoms with Gasteiger partial charge in [0, 0.05) is 5.92 Å². The first kappa shape index (κ1) is 7.08. The van der Waals surface area contributed by atoms with E-state index >= 15 is 0 Å². The van der Waals surface area contributed by atoms with E-state index in [9.17, 15) is 4.79 Å². The van der Waals surface area contributed by atoms with Crippen molar-refractivity contribution in [1.29, 1.82) is 0 Å². The fourth-order valence-corrected chi connectivity index (χ4v) is 2.41. The van der Waals surface area contributed by atoms with Crippen molar-refractivity contribution < 1.29 is 4.79 Å². The molecule has 0 N–H and O–H groups in total. The summed E-state index contributed by atoms with van der Waals surface area (Å²) >= 11 is 0. The van der Waals surface area contributed by atoms with Gasteiger partial charge in [0.2, 0.25) is 0 Å². The zero-order valence-electron chi connectivity index (χ0n) is 7.35. The van der Waals surface area contributed by atoms with E-state index in [-0.39, 0.29) is 5.92 Å². The number of carbonyl (C=O) groups is 1. The summed E-state index contributed by atoms with van der Waals surface area (Å²) in [5.74, 6) is 1.23. The summed E-state index contributed by atoms with van der Waals surface area (Å²) in [6.07, 6.45) is 3.03. The molecule has 0 heterocycles. The van der Waals surface area contributed by atoms with Gasteiger partial charge in [-0.25, -0.2) is 0 Å². The molecule has 1 saturated carbocycles. The van der Waals surface area contributed by atoms with Crippen LogP contribution < -0.4 is 0 Å². The Balaban J connectivity index is 2.41. The number of carbonyl (C=O) groups excluding carboxylic acids is 1. The summed E-state index contributed by atoms with van der Waals surface area (Å²) in [5, 5.41) is 0. The Morgan fingerprint density at radius 3 is 2.55 bits per heavy atom. The maximum Gasteiger partial charge on any atom is 0.158 e. The molecule has 2 atom stereocenters. The zero-order valence-corrected chi connectivity index (χ0v) is 7.35. The van der Waals surface area contributed by atoms with E-state index in [1.54, 1.807) is 0 Å². The molecule has 0 saturated heterocycles. The average Bonchev–Trinajstić information content (AvgIpc) is 1.93. The lowest BCUT2D eigenvalue weighted by Crippen LogP contribution is -2.47. The molecule has 1 fully saturated rings. The van der Waals surface area contributed by atoms with Crippen LogP contribution in [-0.4, -0.2) is 5.78 Å². The second-order valence-electron chi connectivity index (χ2n) is 4.39. The van der Waals surface area contributed by atoms with Gasteiger partial charge in [0.25, 0.3) is 0 Å². The Labute approximate surface area is 67.5 Å². The maximum absolute atomic E-state index is 11.2. The Bertz CT molecular complexity index is 248. The van der Waals surface area contributed by atoms with Gasteiger partial charge in [-0.05, 0) is 23.8 Å². The Kier molecular flexibility index (Phi) is 1.14. The number of ketones is 1. The smallest absolute Gasteiger partial charge is 0.158 e. The largest absolute Gasteiger partial charge is 0.295 e. The molecule has 3 aliphatic carbocycles. The van der Waals surface area contributed by atoms with Gasteiger partial charge in [-0.2, -0.15) is 0 Å². The van der Waals surface area contributed by atoms with E-state index in [1.807, 2.05) is 6.08 Å². The predicted octanol–water partition coefficient (Wildman–Crippen LogP) is 2.18. The van der Waals surface area contributed by atoms with Crippen LogP contribution in [0.4, 0.5) is 0 Å². The lowest BCUT2D eigenvalue weighted by atomic mass is 9.51. The fraction of sp³-hybridized carbons (Fsp3) is 0.700. The zero-order chi connectivity index (χ0) is 8.22. The van der Waals surface area contributed by atoms with Crippen molar-refractivity contribution >= 4 is 5.78 Å². The van der Waals surface area contributed by atoms with E-state index in [1.165, 1.54) is 12.0 Å². The molecule has 0 aliphatic heterocycles. The third kappa shape index (κ3) is 0.688. The van der Waals surface area contributed by atoms with Crippen LogP contribution in [0, 0.1) is 17.3 Å². The minimum Gasteiger partial charge on any atom is -0.295 e. The molecule has 11 heavy (non-hydrogen) atoms. The summed E-state index contributed by atoms with van der Waals surface area (Å²) < 4.78 is 0. The number of hydrogen-bond acceptors (Lipinski definition) is 1. The van der Waals surface area contributed by atoms with Crippen LogP contribution in [0.5, 0.6) is 0 Å². The highest BCUT2D eigenvalue weighted by Gasteiger charge is 2.50. The number of rotatable bonds is 0. The molecule has 0 spiro atoms. The van der Waals surface area contributed by atoms with Gasteiger partial charge in [0.1, 0.15) is 0 Å². The fourth-order valence-electron chi connectivity index (χ4n) is 2.41. The van der Waals surface area contributed by atoms with Crippen LogP contribution in [0.25, 0.3) is 0 Å². The van der Waals surface area contributed by atoms with Gasteiger partial charge in [-0.1, -0.05) is 26.3 Å². The minimum atomic E-state index is 0.266. The highest BCUT2D eigenvalue weighted by atomic mass is 16.1. The third-order valence-corrected chi connectivity index (χ3v) is 3.56. The first-order chi connectivity index (χ1) is 5.03. The van der Waals surface area contributed by atoms with Gasteiger partial charge in [0.15, 0.2) is 5.78 Å². The summed E-state index contributed by atoms with van der Waals surface area (Å²) in [6.45, 7) is 6.55. The van der Waals surface area contributed by atoms with Crippen molar-refractivity contribution in [3.63, 3.8) is 0 Å². The van der Waals surface area contributed by atoms with Crippen molar-refractivity contribution in [2.75, 3.05) is 0 Å². The molecule has 1 nitrogen and oxygen atoms in total. The average molecular weight is 150 g/mol. The Morgan fingerprint density at radius 1 is 1.55 bits per heavy atom. The van der Waals surface area contributed by atoms with Crippen molar-refractivity contribution in [3.8, 4) is 0 Å². The number of fused-ring (bicyclic) bond motifs is 2. The first-order valence-electron chi connectivity index (χ1n) is 4.28. The van der Waals surface area contributed by atoms with Crippen LogP contribution in [0.3, 0.4) is 0 Å². The van der Waals surface area contributed by atoms with E-state index in [2.05, 4.69) is 20.8 Å². The van der Waals surface area contributed by atoms with Gasteiger partial charge in [-0.3, -0.25) is 4.79 Å². The molecule has 0 aromatic heterocycles. The molecule has 0 amide bonds. The lowest BCUT2D eigenvalue weighted by molar-refractivity contribution is -0.124. The molecule has 0 aromatic carbocycles. The second kappa shape index (κ2) is 1.77. The molecule has 60 valence electrons. The molecule has 3 aliphatic rings. The standard InChI is InChI=1S/C10H14O/c1-6-8-4-7(5-9(6)11)10(8,2)3/h5-6,8H,4H2,1-3H3. The van der Waals surface area contributed by atoms with Gasteiger partial charge >= 0.3 is 0 Å². The van der Waals surface area contributed by atoms with Crippen LogP contribution in [0.1, 0.15) is 27.2 Å². The van der Waals surface area contributed by atoms with Crippen molar-refractivity contribution in [2.24, 2.45) is 17.3 Å². The number of allylic oxidation sites excluding steroid dienone is 2. The van der Waals surface area contributed by atoms with Crippen LogP contribution >= 0.6 is 0 Å². The van der Waals surface area contributed by atoms with Crippen LogP contribution in [0.2, 0.25) is 0 Å². The first-order valence-corrected chi connectivity index (χ1v) is 4.28. The van der Waals surface area contributed by atoms with Gasteiger partial charge in [0.05, 0.1) is 0 Å². The number of hydrogen-bond donors (Lipinski definition) is 0.